The van der Waals surface area contributed by atoms with Crippen LogP contribution in [0.2, 0.25) is 0 Å². The van der Waals surface area contributed by atoms with Crippen molar-refractivity contribution in [3.05, 3.63) is 36.4 Å². The molecule has 2 rings (SSSR count). The minimum absolute atomic E-state index is 0.0233. The lowest BCUT2D eigenvalue weighted by Gasteiger charge is -2.06. The molecule has 9 nitrogen and oxygen atoms in total. The zero-order chi connectivity index (χ0) is 20.1. The fourth-order valence-electron chi connectivity index (χ4n) is 2.08. The molecule has 1 atom stereocenters. The molecule has 0 bridgehead atoms. The Balaban J connectivity index is 0.000000359. The van der Waals surface area contributed by atoms with Crippen molar-refractivity contribution in [2.24, 2.45) is 11.7 Å². The van der Waals surface area contributed by atoms with Crippen LogP contribution < -0.4 is 5.73 Å². The van der Waals surface area contributed by atoms with Crippen molar-refractivity contribution in [2.45, 2.75) is 23.1 Å². The number of fused-ring (bicyclic) bond motifs is 1. The van der Waals surface area contributed by atoms with E-state index in [-0.39, 0.29) is 23.1 Å². The predicted molar refractivity (Wildman–Crippen MR) is 94.0 cm³/mol. The molecule has 0 aliphatic carbocycles. The Kier molecular flexibility index (Phi) is 7.24. The van der Waals surface area contributed by atoms with Crippen LogP contribution in [0.5, 0.6) is 0 Å². The molecule has 0 amide bonds. The highest BCUT2D eigenvalue weighted by molar-refractivity contribution is 7.86. The highest BCUT2D eigenvalue weighted by Gasteiger charge is 2.18. The van der Waals surface area contributed by atoms with Crippen LogP contribution in [0.3, 0.4) is 0 Å². The van der Waals surface area contributed by atoms with Gasteiger partial charge in [0, 0.05) is 17.2 Å². The lowest BCUT2D eigenvalue weighted by Crippen LogP contribution is -2.14. The van der Waals surface area contributed by atoms with Crippen LogP contribution in [0.1, 0.15) is 13.3 Å². The summed E-state index contributed by atoms with van der Waals surface area (Å²) in [7, 11) is -8.94. The van der Waals surface area contributed by atoms with Crippen molar-refractivity contribution in [1.82, 2.24) is 0 Å². The van der Waals surface area contributed by atoms with Gasteiger partial charge >= 0.3 is 5.97 Å². The largest absolute Gasteiger partial charge is 0.481 e. The SMILES string of the molecule is CC(CN)CC(=O)O.O=S(=O)(O)c1cccc2c(S(=O)(=O)O)cccc12. The molecule has 0 fully saturated rings. The molecular formula is C15H19NO8S2. The summed E-state index contributed by atoms with van der Waals surface area (Å²) < 4.78 is 62.7. The highest BCUT2D eigenvalue weighted by atomic mass is 32.2. The molecular weight excluding hydrogens is 386 g/mol. The lowest BCUT2D eigenvalue weighted by atomic mass is 10.1. The van der Waals surface area contributed by atoms with Crippen molar-refractivity contribution in [1.29, 1.82) is 0 Å². The number of aliphatic carboxylic acids is 1. The molecule has 0 heterocycles. The Labute approximate surface area is 150 Å². The third-order valence-electron chi connectivity index (χ3n) is 3.32. The van der Waals surface area contributed by atoms with E-state index in [2.05, 4.69) is 0 Å². The topological polar surface area (TPSA) is 172 Å². The van der Waals surface area contributed by atoms with Crippen LogP contribution in [0.4, 0.5) is 0 Å². The monoisotopic (exact) mass is 405 g/mol. The van der Waals surface area contributed by atoms with Crippen LogP contribution in [0, 0.1) is 5.92 Å². The van der Waals surface area contributed by atoms with Gasteiger partial charge in [-0.05, 0) is 24.6 Å². The van der Waals surface area contributed by atoms with Crippen LogP contribution in [0.25, 0.3) is 10.8 Å². The molecule has 0 aromatic heterocycles. The maximum absolute atomic E-state index is 11.2. The van der Waals surface area contributed by atoms with Gasteiger partial charge in [-0.1, -0.05) is 31.2 Å². The summed E-state index contributed by atoms with van der Waals surface area (Å²) >= 11 is 0. The van der Waals surface area contributed by atoms with E-state index < -0.39 is 36.0 Å². The van der Waals surface area contributed by atoms with E-state index in [1.807, 2.05) is 6.92 Å². The number of hydrogen-bond donors (Lipinski definition) is 4. The second-order valence-electron chi connectivity index (χ2n) is 5.50. The normalized spacial score (nSPS) is 12.9. The number of carboxylic acids is 1. The third kappa shape index (κ3) is 6.04. The van der Waals surface area contributed by atoms with Crippen LogP contribution >= 0.6 is 0 Å². The van der Waals surface area contributed by atoms with Crippen molar-refractivity contribution in [3.63, 3.8) is 0 Å². The first-order valence-electron chi connectivity index (χ1n) is 7.26. The van der Waals surface area contributed by atoms with Gasteiger partial charge in [0.05, 0.1) is 0 Å². The first-order chi connectivity index (χ1) is 11.9. The third-order valence-corrected chi connectivity index (χ3v) is 5.15. The molecule has 144 valence electrons. The smallest absolute Gasteiger partial charge is 0.303 e. The maximum atomic E-state index is 11.2. The summed E-state index contributed by atoms with van der Waals surface area (Å²) in [6.07, 6.45) is 0.177. The maximum Gasteiger partial charge on any atom is 0.303 e. The Bertz CT molecular complexity index is 928. The van der Waals surface area contributed by atoms with Gasteiger partial charge in [0.15, 0.2) is 0 Å². The van der Waals surface area contributed by atoms with Crippen molar-refractivity contribution in [3.8, 4) is 0 Å². The molecule has 0 aliphatic rings. The van der Waals surface area contributed by atoms with E-state index in [4.69, 9.17) is 19.9 Å². The van der Waals surface area contributed by atoms with Gasteiger partial charge in [0.1, 0.15) is 9.79 Å². The van der Waals surface area contributed by atoms with Gasteiger partial charge in [-0.15, -0.1) is 0 Å². The summed E-state index contributed by atoms with van der Waals surface area (Å²) in [4.78, 5) is 9.09. The van der Waals surface area contributed by atoms with E-state index in [1.165, 1.54) is 24.3 Å². The van der Waals surface area contributed by atoms with Crippen molar-refractivity contribution >= 4 is 37.0 Å². The first-order valence-corrected chi connectivity index (χ1v) is 10.1. The molecule has 26 heavy (non-hydrogen) atoms. The van der Waals surface area contributed by atoms with Gasteiger partial charge in [0.2, 0.25) is 0 Å². The Morgan fingerprint density at radius 2 is 1.35 bits per heavy atom. The number of carbonyl (C=O) groups is 1. The van der Waals surface area contributed by atoms with Crippen molar-refractivity contribution < 1.29 is 35.8 Å². The van der Waals surface area contributed by atoms with Gasteiger partial charge in [0.25, 0.3) is 20.2 Å². The van der Waals surface area contributed by atoms with Crippen LogP contribution in [0.15, 0.2) is 46.2 Å². The van der Waals surface area contributed by atoms with E-state index in [1.54, 1.807) is 0 Å². The average Bonchev–Trinajstić information content (AvgIpc) is 2.51. The Morgan fingerprint density at radius 3 is 1.58 bits per heavy atom. The number of nitrogens with two attached hydrogens (primary N) is 1. The second-order valence-corrected chi connectivity index (χ2v) is 8.28. The highest BCUT2D eigenvalue weighted by Crippen LogP contribution is 2.27. The molecule has 1 unspecified atom stereocenters. The molecule has 0 radical (unpaired) electrons. The molecule has 0 aliphatic heterocycles. The number of benzene rings is 2. The van der Waals surface area contributed by atoms with E-state index >= 15 is 0 Å². The number of hydrogen-bond acceptors (Lipinski definition) is 6. The van der Waals surface area contributed by atoms with E-state index in [0.29, 0.717) is 6.54 Å². The van der Waals surface area contributed by atoms with Crippen molar-refractivity contribution in [2.75, 3.05) is 6.54 Å². The van der Waals surface area contributed by atoms with Gasteiger partial charge in [-0.25, -0.2) is 0 Å². The van der Waals surface area contributed by atoms with Crippen LogP contribution in [-0.2, 0) is 25.0 Å². The van der Waals surface area contributed by atoms with Gasteiger partial charge in [-0.2, -0.15) is 16.8 Å². The predicted octanol–water partition coefficient (Wildman–Crippen LogP) is 1.39. The Hall–Kier alpha value is -2.05. The molecule has 11 heteroatoms. The summed E-state index contributed by atoms with van der Waals surface area (Å²) in [5.74, 6) is -0.671. The summed E-state index contributed by atoms with van der Waals surface area (Å²) in [5.41, 5.74) is 5.16. The average molecular weight is 405 g/mol. The summed E-state index contributed by atoms with van der Waals surface area (Å²) in [6, 6.07) is 7.53. The standard InChI is InChI=1S/C10H8O6S2.C5H11NO2/c11-17(12,13)9-5-1-3-7-8(9)4-2-6-10(7)18(14,15)16;1-4(3-6)2-5(7)8/h1-6H,(H,11,12,13)(H,14,15,16);4H,2-3,6H2,1H3,(H,7,8). The molecule has 0 spiro atoms. The quantitative estimate of drug-likeness (QED) is 0.536. The van der Waals surface area contributed by atoms with Crippen LogP contribution in [-0.4, -0.2) is 43.6 Å². The Morgan fingerprint density at radius 1 is 0.962 bits per heavy atom. The van der Waals surface area contributed by atoms with E-state index in [9.17, 15) is 21.6 Å². The van der Waals surface area contributed by atoms with E-state index in [0.717, 1.165) is 12.1 Å². The number of rotatable bonds is 5. The summed E-state index contributed by atoms with van der Waals surface area (Å²) in [5, 5.41) is 8.21. The molecule has 2 aromatic rings. The lowest BCUT2D eigenvalue weighted by molar-refractivity contribution is -0.137. The molecule has 0 saturated heterocycles. The molecule has 5 N–H and O–H groups in total. The molecule has 0 saturated carbocycles. The second kappa shape index (κ2) is 8.56. The summed E-state index contributed by atoms with van der Waals surface area (Å²) in [6.45, 7) is 2.26. The first kappa shape index (κ1) is 22.0. The molecule has 2 aromatic carbocycles. The minimum atomic E-state index is -4.47. The van der Waals surface area contributed by atoms with Gasteiger partial charge < -0.3 is 10.8 Å². The number of carboxylic acid groups (broad SMARTS) is 1. The van der Waals surface area contributed by atoms with Gasteiger partial charge in [-0.3, -0.25) is 13.9 Å². The zero-order valence-corrected chi connectivity index (χ0v) is 15.4. The zero-order valence-electron chi connectivity index (χ0n) is 13.7. The fourth-order valence-corrected chi connectivity index (χ4v) is 3.50. The minimum Gasteiger partial charge on any atom is -0.481 e. The fraction of sp³-hybridized carbons (Fsp3) is 0.267.